The largest absolute Gasteiger partial charge is 0.366 e. The Morgan fingerprint density at radius 2 is 2.50 bits per heavy atom. The molecule has 0 amide bonds. The van der Waals surface area contributed by atoms with Crippen LogP contribution in [0, 0.1) is 5.38 Å². The van der Waals surface area contributed by atoms with Gasteiger partial charge in [0.2, 0.25) is 0 Å². The van der Waals surface area contributed by atoms with Crippen molar-refractivity contribution in [3.05, 3.63) is 23.8 Å². The summed E-state index contributed by atoms with van der Waals surface area (Å²) in [5.41, 5.74) is 0. The number of aromatic amines is 1. The Balaban J connectivity index is 3.06. The van der Waals surface area contributed by atoms with Crippen LogP contribution < -0.4 is 0 Å². The smallest absolute Gasteiger partial charge is 0.0524 e. The first-order valence-corrected chi connectivity index (χ1v) is 3.21. The molecule has 1 nitrogen and oxygen atoms in total. The lowest BCUT2D eigenvalue weighted by Crippen LogP contribution is -1.43. The fourth-order valence-corrected chi connectivity index (χ4v) is 1.39. The van der Waals surface area contributed by atoms with E-state index < -0.39 is 0 Å². The highest BCUT2D eigenvalue weighted by atomic mass is 32.1. The zero-order valence-corrected chi connectivity index (χ0v) is 4.96. The lowest BCUT2D eigenvalue weighted by atomic mass is 10.4. The van der Waals surface area contributed by atoms with Gasteiger partial charge in [-0.3, -0.25) is 0 Å². The molecule has 0 saturated heterocycles. The molecule has 0 spiro atoms. The van der Waals surface area contributed by atoms with Gasteiger partial charge in [-0.1, -0.05) is 0 Å². The third-order valence-corrected chi connectivity index (χ3v) is 1.93. The highest BCUT2D eigenvalue weighted by Gasteiger charge is 1.90. The first-order chi connectivity index (χ1) is 3.97. The minimum Gasteiger partial charge on any atom is -0.366 e. The maximum absolute atomic E-state index is 3.04. The number of H-pyrrole nitrogens is 1. The quantitative estimate of drug-likeness (QED) is 0.550. The molecule has 0 saturated carbocycles. The molecule has 2 aromatic rings. The molecule has 0 aliphatic rings. The molecule has 0 aliphatic heterocycles. The number of aromatic nitrogens is 1. The fourth-order valence-electron chi connectivity index (χ4n) is 0.719. The van der Waals surface area contributed by atoms with Gasteiger partial charge in [0.05, 0.1) is 4.70 Å². The summed E-state index contributed by atoms with van der Waals surface area (Å²) in [5.74, 6) is 0. The molecular formula is C6H4NS. The van der Waals surface area contributed by atoms with E-state index in [4.69, 9.17) is 0 Å². The predicted octanol–water partition coefficient (Wildman–Crippen LogP) is 2.03. The molecule has 8 heavy (non-hydrogen) atoms. The van der Waals surface area contributed by atoms with Crippen LogP contribution in [0.15, 0.2) is 18.5 Å². The van der Waals surface area contributed by atoms with Gasteiger partial charge < -0.3 is 4.98 Å². The summed E-state index contributed by atoms with van der Waals surface area (Å²) in [6.07, 6.45) is 3.96. The summed E-state index contributed by atoms with van der Waals surface area (Å²) in [5, 5.41) is 4.30. The summed E-state index contributed by atoms with van der Waals surface area (Å²) < 4.78 is 1.28. The van der Waals surface area contributed by atoms with Gasteiger partial charge in [0, 0.05) is 23.2 Å². The molecule has 0 bridgehead atoms. The number of hydrogen-bond acceptors (Lipinski definition) is 1. The van der Waals surface area contributed by atoms with Crippen LogP contribution in [0.2, 0.25) is 0 Å². The molecule has 39 valence electrons. The number of fused-ring (bicyclic) bond motifs is 1. The van der Waals surface area contributed by atoms with Gasteiger partial charge in [0.25, 0.3) is 0 Å². The van der Waals surface area contributed by atoms with E-state index in [0.29, 0.717) is 0 Å². The van der Waals surface area contributed by atoms with Gasteiger partial charge in [-0.25, -0.2) is 0 Å². The summed E-state index contributed by atoms with van der Waals surface area (Å²) in [4.78, 5) is 3.01. The molecule has 0 fully saturated rings. The first kappa shape index (κ1) is 4.15. The van der Waals surface area contributed by atoms with E-state index in [-0.39, 0.29) is 0 Å². The van der Waals surface area contributed by atoms with Crippen molar-refractivity contribution in [3.63, 3.8) is 0 Å². The Morgan fingerprint density at radius 3 is 3.38 bits per heavy atom. The van der Waals surface area contributed by atoms with E-state index in [9.17, 15) is 0 Å². The highest BCUT2D eigenvalue weighted by Crippen LogP contribution is 2.17. The molecule has 2 heterocycles. The molecular weight excluding hydrogens is 118 g/mol. The van der Waals surface area contributed by atoms with Crippen LogP contribution in [0.4, 0.5) is 0 Å². The SMILES string of the molecule is [c]1cc2c[nH]cc2s1. The van der Waals surface area contributed by atoms with Crippen molar-refractivity contribution in [1.82, 2.24) is 4.98 Å². The number of thiophene rings is 1. The highest BCUT2D eigenvalue weighted by molar-refractivity contribution is 7.16. The van der Waals surface area contributed by atoms with Crippen LogP contribution in [0.3, 0.4) is 0 Å². The molecule has 2 rings (SSSR count). The van der Waals surface area contributed by atoms with Crippen LogP contribution in [0.1, 0.15) is 0 Å². The predicted molar refractivity (Wildman–Crippen MR) is 35.0 cm³/mol. The van der Waals surface area contributed by atoms with E-state index in [2.05, 4.69) is 10.4 Å². The van der Waals surface area contributed by atoms with Crippen LogP contribution in [0.5, 0.6) is 0 Å². The lowest BCUT2D eigenvalue weighted by Gasteiger charge is -1.62. The maximum Gasteiger partial charge on any atom is 0.0524 e. The van der Waals surface area contributed by atoms with Gasteiger partial charge in [-0.2, -0.15) is 0 Å². The molecule has 1 N–H and O–H groups in total. The van der Waals surface area contributed by atoms with Gasteiger partial charge in [-0.05, 0) is 6.07 Å². The second kappa shape index (κ2) is 1.36. The summed E-state index contributed by atoms with van der Waals surface area (Å²) in [6.45, 7) is 0. The van der Waals surface area contributed by atoms with Crippen molar-refractivity contribution in [2.75, 3.05) is 0 Å². The lowest BCUT2D eigenvalue weighted by molar-refractivity contribution is 1.43. The van der Waals surface area contributed by atoms with Gasteiger partial charge in [-0.15, -0.1) is 11.3 Å². The minimum atomic E-state index is 1.26. The number of nitrogens with one attached hydrogen (secondary N) is 1. The van der Waals surface area contributed by atoms with E-state index in [1.807, 2.05) is 18.5 Å². The monoisotopic (exact) mass is 122 g/mol. The van der Waals surface area contributed by atoms with Crippen molar-refractivity contribution >= 4 is 21.4 Å². The zero-order valence-electron chi connectivity index (χ0n) is 4.14. The van der Waals surface area contributed by atoms with Crippen molar-refractivity contribution < 1.29 is 0 Å². The Kier molecular flexibility index (Phi) is 0.704. The van der Waals surface area contributed by atoms with Gasteiger partial charge in [0.1, 0.15) is 0 Å². The topological polar surface area (TPSA) is 15.8 Å². The van der Waals surface area contributed by atoms with Crippen molar-refractivity contribution in [2.45, 2.75) is 0 Å². The van der Waals surface area contributed by atoms with Gasteiger partial charge >= 0.3 is 0 Å². The molecule has 2 aromatic heterocycles. The minimum absolute atomic E-state index is 1.26. The van der Waals surface area contributed by atoms with Crippen LogP contribution >= 0.6 is 11.3 Å². The second-order valence-corrected chi connectivity index (χ2v) is 2.52. The number of rotatable bonds is 0. The van der Waals surface area contributed by atoms with E-state index in [1.54, 1.807) is 11.3 Å². The van der Waals surface area contributed by atoms with E-state index in [1.165, 1.54) is 10.1 Å². The van der Waals surface area contributed by atoms with Crippen molar-refractivity contribution in [3.8, 4) is 0 Å². The first-order valence-electron chi connectivity index (χ1n) is 2.39. The van der Waals surface area contributed by atoms with Gasteiger partial charge in [0.15, 0.2) is 0 Å². The second-order valence-electron chi connectivity index (χ2n) is 1.64. The van der Waals surface area contributed by atoms with E-state index in [0.717, 1.165) is 0 Å². The van der Waals surface area contributed by atoms with E-state index >= 15 is 0 Å². The average Bonchev–Trinajstić information content (AvgIpc) is 2.15. The van der Waals surface area contributed by atoms with Crippen molar-refractivity contribution in [1.29, 1.82) is 0 Å². The third-order valence-electron chi connectivity index (χ3n) is 1.12. The maximum atomic E-state index is 3.04. The van der Waals surface area contributed by atoms with Crippen LogP contribution in [0.25, 0.3) is 10.1 Å². The number of hydrogen-bond donors (Lipinski definition) is 1. The van der Waals surface area contributed by atoms with Crippen LogP contribution in [-0.4, -0.2) is 4.98 Å². The molecule has 0 aromatic carbocycles. The fraction of sp³-hybridized carbons (Fsp3) is 0. The Labute approximate surface area is 51.0 Å². The molecule has 2 heteroatoms. The normalized spacial score (nSPS) is 10.5. The zero-order chi connectivity index (χ0) is 5.40. The summed E-state index contributed by atoms with van der Waals surface area (Å²) in [7, 11) is 0. The summed E-state index contributed by atoms with van der Waals surface area (Å²) >= 11 is 1.64. The standard InChI is InChI=1S/C6H4NS/c1-2-8-6-4-7-3-5(1)6/h1,3-4,7H. The Morgan fingerprint density at radius 1 is 1.50 bits per heavy atom. The third kappa shape index (κ3) is 0.406. The molecule has 0 unspecified atom stereocenters. The molecule has 1 radical (unpaired) electrons. The molecule has 0 atom stereocenters. The summed E-state index contributed by atoms with van der Waals surface area (Å²) in [6, 6.07) is 1.98. The Hall–Kier alpha value is -0.760. The Bertz CT molecular complexity index is 230. The molecule has 0 aliphatic carbocycles. The van der Waals surface area contributed by atoms with Crippen LogP contribution in [-0.2, 0) is 0 Å². The van der Waals surface area contributed by atoms with Crippen molar-refractivity contribution in [2.24, 2.45) is 0 Å². The average molecular weight is 122 g/mol.